The van der Waals surface area contributed by atoms with Gasteiger partial charge in [-0.25, -0.2) is 0 Å². The quantitative estimate of drug-likeness (QED) is 0.117. The number of esters is 1. The third-order valence-electron chi connectivity index (χ3n) is 5.73. The van der Waals surface area contributed by atoms with E-state index in [1.165, 1.54) is 35.3 Å². The molecule has 1 aliphatic heterocycles. The molecule has 0 spiro atoms. The van der Waals surface area contributed by atoms with Gasteiger partial charge < -0.3 is 9.84 Å². The fourth-order valence-corrected chi connectivity index (χ4v) is 10.5. The summed E-state index contributed by atoms with van der Waals surface area (Å²) in [7, 11) is 1.67. The van der Waals surface area contributed by atoms with Crippen molar-refractivity contribution < 1.29 is 35.0 Å². The molecular formula is C24H25F4NO4S7. The van der Waals surface area contributed by atoms with Crippen LogP contribution in [0.25, 0.3) is 0 Å². The van der Waals surface area contributed by atoms with Gasteiger partial charge in [-0.1, -0.05) is 30.3 Å². The van der Waals surface area contributed by atoms with Crippen molar-refractivity contribution in [1.29, 1.82) is 0 Å². The van der Waals surface area contributed by atoms with Gasteiger partial charge in [0.1, 0.15) is 21.1 Å². The second-order valence-corrected chi connectivity index (χ2v) is 16.2. The first-order valence-electron chi connectivity index (χ1n) is 11.5. The highest BCUT2D eigenvalue weighted by Crippen LogP contribution is 2.54. The molecule has 0 amide bonds. The lowest BCUT2D eigenvalue weighted by atomic mass is 10.2. The molecule has 1 fully saturated rings. The van der Waals surface area contributed by atoms with Crippen molar-refractivity contribution in [3.63, 3.8) is 0 Å². The summed E-state index contributed by atoms with van der Waals surface area (Å²) in [5.41, 5.74) is 1.08. The maximum absolute atomic E-state index is 13.8. The molecule has 0 aliphatic carbocycles. The molecule has 0 radical (unpaired) electrons. The van der Waals surface area contributed by atoms with Crippen LogP contribution in [-0.4, -0.2) is 61.9 Å². The van der Waals surface area contributed by atoms with Crippen molar-refractivity contribution in [3.05, 3.63) is 42.0 Å². The standard InChI is InChI=1S/C24H25F4NO4S7/c1-24(2)35-17(10-29(3)14(22(30)31)12-34-11-13-7-5-4-6-8-13)21(36-24)23(32)33-18-19(39-27)15(37-25)9-16(38-26)20(18)40-28/h4-9,14,17,21H,10-12H2,1-3H3,(H,30,31). The number of carbonyl (C=O) groups is 2. The molecule has 3 atom stereocenters. The predicted octanol–water partition coefficient (Wildman–Crippen LogP) is 8.77. The number of carboxylic acids is 1. The average molecular weight is 692 g/mol. The number of hydrogen-bond acceptors (Lipinski definition) is 11. The Morgan fingerprint density at radius 3 is 2.15 bits per heavy atom. The molecule has 3 unspecified atom stereocenters. The first-order chi connectivity index (χ1) is 19.0. The lowest BCUT2D eigenvalue weighted by Gasteiger charge is -2.28. The summed E-state index contributed by atoms with van der Waals surface area (Å²) in [6.45, 7) is 4.01. The van der Waals surface area contributed by atoms with Crippen LogP contribution in [0.4, 0.5) is 15.5 Å². The minimum absolute atomic E-state index is 0.213. The maximum atomic E-state index is 13.8. The Kier molecular flexibility index (Phi) is 13.5. The van der Waals surface area contributed by atoms with Gasteiger partial charge in [-0.3, -0.25) is 14.5 Å². The van der Waals surface area contributed by atoms with Gasteiger partial charge in [-0.2, -0.15) is 27.3 Å². The Morgan fingerprint density at radius 1 is 1.02 bits per heavy atom. The van der Waals surface area contributed by atoms with E-state index in [0.29, 0.717) is 11.5 Å². The average Bonchev–Trinajstić information content (AvgIpc) is 3.24. The van der Waals surface area contributed by atoms with Crippen LogP contribution < -0.4 is 4.74 Å². The summed E-state index contributed by atoms with van der Waals surface area (Å²) in [5, 5.41) is 8.63. The topological polar surface area (TPSA) is 66.8 Å². The highest BCUT2D eigenvalue weighted by molar-refractivity contribution is 8.22. The van der Waals surface area contributed by atoms with E-state index in [0.717, 1.165) is 11.6 Å². The van der Waals surface area contributed by atoms with Gasteiger partial charge in [0.15, 0.2) is 5.75 Å². The Hall–Kier alpha value is -0.490. The number of halogens is 4. The number of benzene rings is 2. The van der Waals surface area contributed by atoms with Gasteiger partial charge >= 0.3 is 11.9 Å². The monoisotopic (exact) mass is 691 g/mol. The van der Waals surface area contributed by atoms with E-state index in [4.69, 9.17) is 4.74 Å². The molecular weight excluding hydrogens is 667 g/mol. The highest BCUT2D eigenvalue weighted by Gasteiger charge is 2.47. The number of thioether (sulfide) groups is 3. The number of aliphatic carboxylic acids is 1. The Bertz CT molecular complexity index is 1150. The van der Waals surface area contributed by atoms with Crippen molar-refractivity contribution in [2.24, 2.45) is 0 Å². The van der Waals surface area contributed by atoms with Crippen LogP contribution in [0.1, 0.15) is 19.4 Å². The van der Waals surface area contributed by atoms with Crippen LogP contribution in [0.2, 0.25) is 0 Å². The van der Waals surface area contributed by atoms with Crippen LogP contribution >= 0.6 is 83.9 Å². The summed E-state index contributed by atoms with van der Waals surface area (Å²) in [6.07, 6.45) is 0. The molecule has 1 aliphatic rings. The van der Waals surface area contributed by atoms with Crippen molar-refractivity contribution in [2.75, 3.05) is 19.3 Å². The van der Waals surface area contributed by atoms with E-state index >= 15 is 0 Å². The van der Waals surface area contributed by atoms with Crippen LogP contribution in [0.15, 0.2) is 56.0 Å². The zero-order valence-electron chi connectivity index (χ0n) is 21.3. The van der Waals surface area contributed by atoms with E-state index in [2.05, 4.69) is 0 Å². The number of ether oxygens (including phenoxy) is 1. The van der Waals surface area contributed by atoms with Crippen molar-refractivity contribution in [2.45, 2.75) is 59.8 Å². The number of hydrogen-bond donors (Lipinski definition) is 1. The van der Waals surface area contributed by atoms with Gasteiger partial charge in [0.05, 0.1) is 62.5 Å². The number of carbonyl (C=O) groups excluding carboxylic acids is 1. The lowest BCUT2D eigenvalue weighted by Crippen LogP contribution is -2.46. The van der Waals surface area contributed by atoms with Crippen LogP contribution in [0, 0.1) is 0 Å². The smallest absolute Gasteiger partial charge is 0.325 e. The first kappa shape index (κ1) is 34.0. The predicted molar refractivity (Wildman–Crippen MR) is 163 cm³/mol. The highest BCUT2D eigenvalue weighted by atomic mass is 32.2. The van der Waals surface area contributed by atoms with Crippen LogP contribution in [-0.2, 0) is 15.3 Å². The summed E-state index contributed by atoms with van der Waals surface area (Å²) in [4.78, 5) is 25.5. The minimum Gasteiger partial charge on any atom is -0.480 e. The van der Waals surface area contributed by atoms with Crippen molar-refractivity contribution >= 4 is 95.8 Å². The largest absolute Gasteiger partial charge is 0.480 e. The van der Waals surface area contributed by atoms with Crippen LogP contribution in [0.3, 0.4) is 0 Å². The second kappa shape index (κ2) is 15.8. The Balaban J connectivity index is 1.79. The number of nitrogens with zero attached hydrogens (tertiary/aromatic N) is 1. The van der Waals surface area contributed by atoms with Gasteiger partial charge in [0, 0.05) is 23.3 Å². The molecule has 40 heavy (non-hydrogen) atoms. The molecule has 0 saturated carbocycles. The van der Waals surface area contributed by atoms with Gasteiger partial charge in [0.25, 0.3) is 0 Å². The summed E-state index contributed by atoms with van der Waals surface area (Å²) in [6, 6.07) is 9.79. The van der Waals surface area contributed by atoms with Gasteiger partial charge in [-0.15, -0.1) is 23.5 Å². The fraction of sp³-hybridized carbons (Fsp3) is 0.417. The molecule has 1 heterocycles. The molecule has 5 nitrogen and oxygen atoms in total. The number of carboxylic acid groups (broad SMARTS) is 1. The summed E-state index contributed by atoms with van der Waals surface area (Å²) < 4.78 is 59.6. The molecule has 0 bridgehead atoms. The van der Waals surface area contributed by atoms with Crippen molar-refractivity contribution in [1.82, 2.24) is 4.90 Å². The normalized spacial score (nSPS) is 19.1. The fourth-order valence-electron chi connectivity index (χ4n) is 3.92. The molecule has 220 valence electrons. The number of likely N-dealkylation sites (N-methyl/N-ethyl adjacent to an activating group) is 1. The lowest BCUT2D eigenvalue weighted by molar-refractivity contribution is -0.141. The molecule has 2 aromatic carbocycles. The summed E-state index contributed by atoms with van der Waals surface area (Å²) in [5.74, 6) is -1.46. The van der Waals surface area contributed by atoms with Crippen LogP contribution in [0.5, 0.6) is 5.75 Å². The molecule has 0 aromatic heterocycles. The molecule has 16 heteroatoms. The molecule has 1 N–H and O–H groups in total. The second-order valence-electron chi connectivity index (χ2n) is 8.98. The third-order valence-corrected chi connectivity index (χ3v) is 12.6. The Labute approximate surface area is 261 Å². The third kappa shape index (κ3) is 8.77. The summed E-state index contributed by atoms with van der Waals surface area (Å²) >= 11 is 2.61. The molecule has 1 saturated heterocycles. The molecule has 3 rings (SSSR count). The zero-order chi connectivity index (χ0) is 29.4. The van der Waals surface area contributed by atoms with E-state index in [9.17, 15) is 30.2 Å². The maximum Gasteiger partial charge on any atom is 0.325 e. The van der Waals surface area contributed by atoms with E-state index in [-0.39, 0.29) is 40.6 Å². The van der Waals surface area contributed by atoms with E-state index in [1.807, 2.05) is 44.2 Å². The van der Waals surface area contributed by atoms with Gasteiger partial charge in [-0.05, 0) is 32.5 Å². The van der Waals surface area contributed by atoms with Gasteiger partial charge in [0.2, 0.25) is 0 Å². The van der Waals surface area contributed by atoms with E-state index in [1.54, 1.807) is 11.9 Å². The first-order valence-corrected chi connectivity index (χ1v) is 17.3. The van der Waals surface area contributed by atoms with E-state index < -0.39 is 72.4 Å². The minimum atomic E-state index is -0.997. The zero-order valence-corrected chi connectivity index (χ0v) is 27.0. The SMILES string of the molecule is CN(CC1SC(C)(C)SC1C(=O)Oc1c(SF)c(SF)cc(SF)c1SF)C(CSCc1ccccc1)C(=O)O. The molecule has 2 aromatic rings. The number of rotatable bonds is 14. The van der Waals surface area contributed by atoms with Crippen molar-refractivity contribution in [3.8, 4) is 5.75 Å². The Morgan fingerprint density at radius 2 is 1.62 bits per heavy atom.